The summed E-state index contributed by atoms with van der Waals surface area (Å²) in [5, 5.41) is 6.00. The molecule has 28 heavy (non-hydrogen) atoms. The molecule has 2 aromatic rings. The zero-order valence-electron chi connectivity index (χ0n) is 15.8. The Bertz CT molecular complexity index is 817. The first kappa shape index (κ1) is 18.7. The number of nitrogens with one attached hydrogen (secondary N) is 2. The Balaban J connectivity index is 1.41. The molecular formula is C22H25N3O3. The smallest absolute Gasteiger partial charge is 0.254 e. The van der Waals surface area contributed by atoms with Crippen molar-refractivity contribution >= 4 is 17.5 Å². The molecule has 2 heterocycles. The number of amides is 2. The maximum Gasteiger partial charge on any atom is 0.254 e. The van der Waals surface area contributed by atoms with Crippen molar-refractivity contribution in [3.05, 3.63) is 65.7 Å². The van der Waals surface area contributed by atoms with Gasteiger partial charge in [0, 0.05) is 24.3 Å². The number of benzene rings is 2. The van der Waals surface area contributed by atoms with Gasteiger partial charge in [0.2, 0.25) is 5.91 Å². The largest absolute Gasteiger partial charge is 0.378 e. The van der Waals surface area contributed by atoms with Gasteiger partial charge in [-0.05, 0) is 42.7 Å². The molecule has 2 aliphatic heterocycles. The standard InChI is InChI=1S/C22H25N3O3/c26-21(19-15-28-14-12-23-19)24-18-10-8-17(9-11-18)22(27)25-13-4-7-20(25)16-5-2-1-3-6-16/h1-3,5-6,8-11,19-20,23H,4,7,12-15H2,(H,24,26). The van der Waals surface area contributed by atoms with Gasteiger partial charge in [-0.1, -0.05) is 30.3 Å². The number of hydrogen-bond acceptors (Lipinski definition) is 4. The Morgan fingerprint density at radius 2 is 1.86 bits per heavy atom. The van der Waals surface area contributed by atoms with Crippen LogP contribution < -0.4 is 10.6 Å². The second-order valence-electron chi connectivity index (χ2n) is 7.22. The zero-order valence-corrected chi connectivity index (χ0v) is 15.8. The fourth-order valence-corrected chi connectivity index (χ4v) is 3.86. The highest BCUT2D eigenvalue weighted by Gasteiger charge is 2.30. The first-order valence-electron chi connectivity index (χ1n) is 9.80. The van der Waals surface area contributed by atoms with Gasteiger partial charge in [0.1, 0.15) is 6.04 Å². The average Bonchev–Trinajstić information content (AvgIpc) is 3.25. The lowest BCUT2D eigenvalue weighted by atomic mass is 10.0. The summed E-state index contributed by atoms with van der Waals surface area (Å²) in [6.07, 6.45) is 2.00. The van der Waals surface area contributed by atoms with Gasteiger partial charge in [0.05, 0.1) is 19.3 Å². The highest BCUT2D eigenvalue weighted by atomic mass is 16.5. The minimum atomic E-state index is -0.341. The van der Waals surface area contributed by atoms with Crippen LogP contribution in [0, 0.1) is 0 Å². The molecule has 0 aromatic heterocycles. The van der Waals surface area contributed by atoms with Crippen LogP contribution in [0.1, 0.15) is 34.8 Å². The molecular weight excluding hydrogens is 354 g/mol. The van der Waals surface area contributed by atoms with Gasteiger partial charge in [-0.3, -0.25) is 9.59 Å². The molecule has 0 bridgehead atoms. The van der Waals surface area contributed by atoms with Crippen LogP contribution in [0.25, 0.3) is 0 Å². The van der Waals surface area contributed by atoms with E-state index < -0.39 is 0 Å². The second-order valence-corrected chi connectivity index (χ2v) is 7.22. The molecule has 0 spiro atoms. The van der Waals surface area contributed by atoms with Crippen molar-refractivity contribution in [2.45, 2.75) is 24.9 Å². The summed E-state index contributed by atoms with van der Waals surface area (Å²) in [6.45, 7) is 2.44. The predicted octanol–water partition coefficient (Wildman–Crippen LogP) is 2.59. The number of carbonyl (C=O) groups excluding carboxylic acids is 2. The molecule has 2 aliphatic rings. The van der Waals surface area contributed by atoms with Crippen molar-refractivity contribution in [2.24, 2.45) is 0 Å². The summed E-state index contributed by atoms with van der Waals surface area (Å²) in [5.74, 6) is -0.0889. The maximum atomic E-state index is 13.0. The summed E-state index contributed by atoms with van der Waals surface area (Å²) in [7, 11) is 0. The third kappa shape index (κ3) is 4.08. The Labute approximate surface area is 164 Å². The van der Waals surface area contributed by atoms with Gasteiger partial charge < -0.3 is 20.3 Å². The van der Waals surface area contributed by atoms with E-state index in [0.717, 1.165) is 19.4 Å². The van der Waals surface area contributed by atoms with E-state index in [0.29, 0.717) is 31.0 Å². The molecule has 2 amide bonds. The highest BCUT2D eigenvalue weighted by molar-refractivity contribution is 5.97. The summed E-state index contributed by atoms with van der Waals surface area (Å²) in [5.41, 5.74) is 2.49. The quantitative estimate of drug-likeness (QED) is 0.857. The molecule has 2 atom stereocenters. The van der Waals surface area contributed by atoms with E-state index >= 15 is 0 Å². The monoisotopic (exact) mass is 379 g/mol. The fourth-order valence-electron chi connectivity index (χ4n) is 3.86. The van der Waals surface area contributed by atoms with E-state index in [-0.39, 0.29) is 23.9 Å². The normalized spacial score (nSPS) is 22.1. The van der Waals surface area contributed by atoms with E-state index in [1.807, 2.05) is 23.1 Å². The van der Waals surface area contributed by atoms with Gasteiger partial charge in [0.15, 0.2) is 0 Å². The van der Waals surface area contributed by atoms with E-state index in [1.165, 1.54) is 5.56 Å². The molecule has 6 nitrogen and oxygen atoms in total. The third-order valence-electron chi connectivity index (χ3n) is 5.34. The van der Waals surface area contributed by atoms with Gasteiger partial charge in [-0.2, -0.15) is 0 Å². The summed E-state index contributed by atoms with van der Waals surface area (Å²) in [6, 6.07) is 17.1. The number of anilines is 1. The van der Waals surface area contributed by atoms with Gasteiger partial charge in [-0.15, -0.1) is 0 Å². The lowest BCUT2D eigenvalue weighted by Crippen LogP contribution is -2.48. The number of carbonyl (C=O) groups is 2. The highest BCUT2D eigenvalue weighted by Crippen LogP contribution is 2.33. The van der Waals surface area contributed by atoms with E-state index in [4.69, 9.17) is 4.74 Å². The summed E-state index contributed by atoms with van der Waals surface area (Å²) >= 11 is 0. The lowest BCUT2D eigenvalue weighted by Gasteiger charge is -2.25. The Hall–Kier alpha value is -2.70. The molecule has 2 fully saturated rings. The van der Waals surface area contributed by atoms with Crippen molar-refractivity contribution in [3.8, 4) is 0 Å². The van der Waals surface area contributed by atoms with Crippen molar-refractivity contribution in [1.29, 1.82) is 0 Å². The number of hydrogen-bond donors (Lipinski definition) is 2. The van der Waals surface area contributed by atoms with Crippen molar-refractivity contribution in [3.63, 3.8) is 0 Å². The molecule has 2 unspecified atom stereocenters. The molecule has 0 radical (unpaired) electrons. The zero-order chi connectivity index (χ0) is 19.3. The number of rotatable bonds is 4. The van der Waals surface area contributed by atoms with E-state index in [1.54, 1.807) is 24.3 Å². The van der Waals surface area contributed by atoms with E-state index in [2.05, 4.69) is 22.8 Å². The average molecular weight is 379 g/mol. The lowest BCUT2D eigenvalue weighted by molar-refractivity contribution is -0.120. The third-order valence-corrected chi connectivity index (χ3v) is 5.34. The van der Waals surface area contributed by atoms with Crippen molar-refractivity contribution in [1.82, 2.24) is 10.2 Å². The van der Waals surface area contributed by atoms with Crippen LogP contribution in [-0.4, -0.2) is 49.1 Å². The van der Waals surface area contributed by atoms with Crippen LogP contribution in [0.4, 0.5) is 5.69 Å². The van der Waals surface area contributed by atoms with Crippen LogP contribution in [0.3, 0.4) is 0 Å². The molecule has 2 N–H and O–H groups in total. The maximum absolute atomic E-state index is 13.0. The van der Waals surface area contributed by atoms with Crippen LogP contribution in [-0.2, 0) is 9.53 Å². The Morgan fingerprint density at radius 3 is 2.57 bits per heavy atom. The number of morpholine rings is 1. The molecule has 4 rings (SSSR count). The summed E-state index contributed by atoms with van der Waals surface area (Å²) < 4.78 is 5.32. The second kappa shape index (κ2) is 8.54. The SMILES string of the molecule is O=C(Nc1ccc(C(=O)N2CCCC2c2ccccc2)cc1)C1COCCN1. The first-order valence-corrected chi connectivity index (χ1v) is 9.80. The van der Waals surface area contributed by atoms with Crippen LogP contribution in [0.2, 0.25) is 0 Å². The van der Waals surface area contributed by atoms with Crippen LogP contribution in [0.5, 0.6) is 0 Å². The van der Waals surface area contributed by atoms with Crippen LogP contribution >= 0.6 is 0 Å². The number of nitrogens with zero attached hydrogens (tertiary/aromatic N) is 1. The molecule has 0 saturated carbocycles. The Kier molecular flexibility index (Phi) is 5.69. The van der Waals surface area contributed by atoms with Gasteiger partial charge in [0.25, 0.3) is 5.91 Å². The first-order chi connectivity index (χ1) is 13.7. The molecule has 2 saturated heterocycles. The number of ether oxygens (including phenoxy) is 1. The predicted molar refractivity (Wildman–Crippen MR) is 107 cm³/mol. The fraction of sp³-hybridized carbons (Fsp3) is 0.364. The minimum absolute atomic E-state index is 0.0339. The molecule has 6 heteroatoms. The molecule has 0 aliphatic carbocycles. The summed E-state index contributed by atoms with van der Waals surface area (Å²) in [4.78, 5) is 27.2. The molecule has 2 aromatic carbocycles. The number of likely N-dealkylation sites (tertiary alicyclic amines) is 1. The van der Waals surface area contributed by atoms with Crippen molar-refractivity contribution in [2.75, 3.05) is 31.6 Å². The van der Waals surface area contributed by atoms with Crippen LogP contribution in [0.15, 0.2) is 54.6 Å². The van der Waals surface area contributed by atoms with Gasteiger partial charge >= 0.3 is 0 Å². The molecule has 146 valence electrons. The topological polar surface area (TPSA) is 70.7 Å². The minimum Gasteiger partial charge on any atom is -0.378 e. The van der Waals surface area contributed by atoms with Gasteiger partial charge in [-0.25, -0.2) is 0 Å². The Morgan fingerprint density at radius 1 is 1.07 bits per heavy atom. The van der Waals surface area contributed by atoms with Crippen molar-refractivity contribution < 1.29 is 14.3 Å². The van der Waals surface area contributed by atoms with E-state index in [9.17, 15) is 9.59 Å².